The number of methoxy groups -OCH3 is 1. The van der Waals surface area contributed by atoms with Crippen LogP contribution < -0.4 is 14.8 Å². The summed E-state index contributed by atoms with van der Waals surface area (Å²) in [6.45, 7) is 5.72. The largest absolute Gasteiger partial charge is 0.493 e. The van der Waals surface area contributed by atoms with Crippen molar-refractivity contribution in [3.8, 4) is 11.5 Å². The zero-order valence-electron chi connectivity index (χ0n) is 15.0. The third kappa shape index (κ3) is 6.12. The molecule has 2 aromatic carbocycles. The molecule has 0 heterocycles. The molecule has 0 aliphatic rings. The van der Waals surface area contributed by atoms with Crippen molar-refractivity contribution >= 4 is 11.6 Å². The zero-order chi connectivity index (χ0) is 18.1. The Morgan fingerprint density at radius 3 is 2.40 bits per heavy atom. The second-order valence-electron chi connectivity index (χ2n) is 6.02. The van der Waals surface area contributed by atoms with Crippen molar-refractivity contribution in [3.05, 3.63) is 54.1 Å². The number of ether oxygens (including phenoxy) is 3. The highest BCUT2D eigenvalue weighted by Gasteiger charge is 2.12. The Hall–Kier alpha value is -2.53. The lowest BCUT2D eigenvalue weighted by Gasteiger charge is -2.12. The molecule has 0 radical (unpaired) electrons. The van der Waals surface area contributed by atoms with E-state index in [1.165, 1.54) is 0 Å². The number of carbonyl (C=O) groups is 1. The Bertz CT molecular complexity index is 668. The summed E-state index contributed by atoms with van der Waals surface area (Å²) < 4.78 is 16.2. The topological polar surface area (TPSA) is 56.8 Å². The third-order valence-corrected chi connectivity index (χ3v) is 3.37. The Labute approximate surface area is 148 Å². The first-order valence-corrected chi connectivity index (χ1v) is 8.35. The Balaban J connectivity index is 1.99. The van der Waals surface area contributed by atoms with Gasteiger partial charge in [0.1, 0.15) is 18.1 Å². The van der Waals surface area contributed by atoms with E-state index in [1.54, 1.807) is 25.3 Å². The van der Waals surface area contributed by atoms with E-state index in [2.05, 4.69) is 19.2 Å². The second kappa shape index (κ2) is 9.69. The third-order valence-electron chi connectivity index (χ3n) is 3.37. The van der Waals surface area contributed by atoms with Crippen LogP contribution in [0.1, 0.15) is 24.2 Å². The Morgan fingerprint density at radius 2 is 1.72 bits per heavy atom. The summed E-state index contributed by atoms with van der Waals surface area (Å²) in [6.07, 6.45) is 0. The molecule has 2 rings (SSSR count). The number of anilines is 1. The molecular weight excluding hydrogens is 318 g/mol. The van der Waals surface area contributed by atoms with Crippen LogP contribution in [0.5, 0.6) is 11.5 Å². The van der Waals surface area contributed by atoms with Crippen molar-refractivity contribution in [1.82, 2.24) is 0 Å². The minimum Gasteiger partial charge on any atom is -0.493 e. The second-order valence-corrected chi connectivity index (χ2v) is 6.02. The van der Waals surface area contributed by atoms with Gasteiger partial charge < -0.3 is 19.5 Å². The molecular formula is C20H25NO4. The molecule has 0 fully saturated rings. The van der Waals surface area contributed by atoms with Gasteiger partial charge in [0.25, 0.3) is 5.91 Å². The van der Waals surface area contributed by atoms with Gasteiger partial charge in [-0.05, 0) is 42.3 Å². The molecule has 0 saturated heterocycles. The van der Waals surface area contributed by atoms with Gasteiger partial charge in [0.2, 0.25) is 0 Å². The first kappa shape index (κ1) is 18.8. The van der Waals surface area contributed by atoms with Gasteiger partial charge in [0, 0.05) is 12.8 Å². The van der Waals surface area contributed by atoms with Crippen molar-refractivity contribution in [2.75, 3.05) is 32.2 Å². The van der Waals surface area contributed by atoms with Crippen LogP contribution in [0.15, 0.2) is 48.5 Å². The molecule has 0 saturated carbocycles. The van der Waals surface area contributed by atoms with Gasteiger partial charge in [-0.15, -0.1) is 0 Å². The Kier molecular flexibility index (Phi) is 7.29. The highest BCUT2D eigenvalue weighted by Crippen LogP contribution is 2.21. The molecule has 5 nitrogen and oxygen atoms in total. The maximum Gasteiger partial charge on any atom is 0.259 e. The van der Waals surface area contributed by atoms with Gasteiger partial charge >= 0.3 is 0 Å². The summed E-state index contributed by atoms with van der Waals surface area (Å²) in [5.41, 5.74) is 1.19. The summed E-state index contributed by atoms with van der Waals surface area (Å²) in [5, 5.41) is 2.88. The van der Waals surface area contributed by atoms with E-state index in [4.69, 9.17) is 14.2 Å². The van der Waals surface area contributed by atoms with Crippen molar-refractivity contribution in [3.63, 3.8) is 0 Å². The number of para-hydroxylation sites is 1. The summed E-state index contributed by atoms with van der Waals surface area (Å²) >= 11 is 0. The predicted molar refractivity (Wildman–Crippen MR) is 98.5 cm³/mol. The van der Waals surface area contributed by atoms with Gasteiger partial charge in [-0.25, -0.2) is 0 Å². The van der Waals surface area contributed by atoms with Gasteiger partial charge in [0.05, 0.1) is 18.8 Å². The van der Waals surface area contributed by atoms with E-state index < -0.39 is 0 Å². The molecule has 1 N–H and O–H groups in total. The number of hydrogen-bond acceptors (Lipinski definition) is 4. The van der Waals surface area contributed by atoms with Gasteiger partial charge in [-0.3, -0.25) is 4.79 Å². The molecule has 2 aromatic rings. The number of rotatable bonds is 9. The average molecular weight is 343 g/mol. The molecule has 0 unspecified atom stereocenters. The predicted octanol–water partition coefficient (Wildman–Crippen LogP) is 4.00. The van der Waals surface area contributed by atoms with Gasteiger partial charge in [-0.1, -0.05) is 26.0 Å². The molecule has 0 atom stereocenters. The standard InChI is InChI=1S/C20H25NO4/c1-15(2)14-25-17-10-8-16(9-11-17)21-20(22)18-6-4-5-7-19(18)24-13-12-23-3/h4-11,15H,12-14H2,1-3H3,(H,21,22). The first-order chi connectivity index (χ1) is 12.1. The average Bonchev–Trinajstić information content (AvgIpc) is 2.61. The number of carbonyl (C=O) groups excluding carboxylic acids is 1. The number of nitrogens with one attached hydrogen (secondary N) is 1. The summed E-state index contributed by atoms with van der Waals surface area (Å²) in [7, 11) is 1.61. The van der Waals surface area contributed by atoms with Gasteiger partial charge in [0.15, 0.2) is 0 Å². The van der Waals surface area contributed by atoms with Crippen molar-refractivity contribution < 1.29 is 19.0 Å². The zero-order valence-corrected chi connectivity index (χ0v) is 15.0. The van der Waals surface area contributed by atoms with Crippen molar-refractivity contribution in [2.24, 2.45) is 5.92 Å². The van der Waals surface area contributed by atoms with Crippen molar-refractivity contribution in [1.29, 1.82) is 0 Å². The number of amides is 1. The molecule has 0 aliphatic carbocycles. The lowest BCUT2D eigenvalue weighted by molar-refractivity contribution is 0.101. The monoisotopic (exact) mass is 343 g/mol. The highest BCUT2D eigenvalue weighted by molar-refractivity contribution is 6.06. The smallest absolute Gasteiger partial charge is 0.259 e. The summed E-state index contributed by atoms with van der Waals surface area (Å²) in [4.78, 5) is 12.5. The molecule has 25 heavy (non-hydrogen) atoms. The van der Waals surface area contributed by atoms with Crippen molar-refractivity contribution in [2.45, 2.75) is 13.8 Å². The van der Waals surface area contributed by atoms with E-state index in [9.17, 15) is 4.79 Å². The van der Waals surface area contributed by atoms with E-state index in [0.29, 0.717) is 42.7 Å². The Morgan fingerprint density at radius 1 is 1.00 bits per heavy atom. The van der Waals surface area contributed by atoms with E-state index >= 15 is 0 Å². The molecule has 5 heteroatoms. The van der Waals surface area contributed by atoms with Crippen LogP contribution in [0.4, 0.5) is 5.69 Å². The summed E-state index contributed by atoms with van der Waals surface area (Å²) in [6, 6.07) is 14.5. The van der Waals surface area contributed by atoms with E-state index in [-0.39, 0.29) is 5.91 Å². The van der Waals surface area contributed by atoms with Crippen LogP contribution in [0.2, 0.25) is 0 Å². The summed E-state index contributed by atoms with van der Waals surface area (Å²) in [5.74, 6) is 1.57. The highest BCUT2D eigenvalue weighted by atomic mass is 16.5. The fourth-order valence-electron chi connectivity index (χ4n) is 2.11. The molecule has 1 amide bonds. The maximum absolute atomic E-state index is 12.5. The van der Waals surface area contributed by atoms with Gasteiger partial charge in [-0.2, -0.15) is 0 Å². The normalized spacial score (nSPS) is 10.6. The fraction of sp³-hybridized carbons (Fsp3) is 0.350. The van der Waals surface area contributed by atoms with Crippen LogP contribution in [0.3, 0.4) is 0 Å². The quantitative estimate of drug-likeness (QED) is 0.699. The lowest BCUT2D eigenvalue weighted by atomic mass is 10.2. The SMILES string of the molecule is COCCOc1ccccc1C(=O)Nc1ccc(OCC(C)C)cc1. The van der Waals surface area contributed by atoms with Crippen LogP contribution in [-0.2, 0) is 4.74 Å². The maximum atomic E-state index is 12.5. The molecule has 0 spiro atoms. The minimum absolute atomic E-state index is 0.219. The van der Waals surface area contributed by atoms with Crippen LogP contribution >= 0.6 is 0 Å². The molecule has 0 aromatic heterocycles. The number of benzene rings is 2. The molecule has 0 bridgehead atoms. The first-order valence-electron chi connectivity index (χ1n) is 8.35. The molecule has 134 valence electrons. The minimum atomic E-state index is -0.219. The van der Waals surface area contributed by atoms with E-state index in [0.717, 1.165) is 5.75 Å². The van der Waals surface area contributed by atoms with E-state index in [1.807, 2.05) is 30.3 Å². The number of hydrogen-bond donors (Lipinski definition) is 1. The van der Waals surface area contributed by atoms with Crippen LogP contribution in [0.25, 0.3) is 0 Å². The fourth-order valence-corrected chi connectivity index (χ4v) is 2.11. The molecule has 0 aliphatic heterocycles. The lowest BCUT2D eigenvalue weighted by Crippen LogP contribution is -2.14. The van der Waals surface area contributed by atoms with Crippen LogP contribution in [0, 0.1) is 5.92 Å². The van der Waals surface area contributed by atoms with Crippen LogP contribution in [-0.4, -0.2) is 32.8 Å².